The van der Waals surface area contributed by atoms with Crippen molar-refractivity contribution in [3.05, 3.63) is 54.1 Å². The van der Waals surface area contributed by atoms with Gasteiger partial charge in [-0.1, -0.05) is 24.3 Å². The molecule has 0 aromatic heterocycles. The molecule has 1 aliphatic rings. The molecule has 0 radical (unpaired) electrons. The zero-order chi connectivity index (χ0) is 21.6. The van der Waals surface area contributed by atoms with Crippen molar-refractivity contribution >= 4 is 9.84 Å². The third-order valence-corrected chi connectivity index (χ3v) is 6.94. The summed E-state index contributed by atoms with van der Waals surface area (Å²) in [5.74, 6) is 2.19. The Labute approximate surface area is 178 Å². The lowest BCUT2D eigenvalue weighted by atomic mass is 10.1. The van der Waals surface area contributed by atoms with Gasteiger partial charge < -0.3 is 19.3 Å². The highest BCUT2D eigenvalue weighted by atomic mass is 32.2. The first-order valence-electron chi connectivity index (χ1n) is 9.91. The summed E-state index contributed by atoms with van der Waals surface area (Å²) in [4.78, 5) is 2.02. The highest BCUT2D eigenvalue weighted by molar-refractivity contribution is 7.91. The predicted molar refractivity (Wildman–Crippen MR) is 115 cm³/mol. The summed E-state index contributed by atoms with van der Waals surface area (Å²) < 4.78 is 40.3. The first-order chi connectivity index (χ1) is 14.4. The molecule has 0 bridgehead atoms. The zero-order valence-electron chi connectivity index (χ0n) is 17.4. The number of aliphatic hydroxyl groups excluding tert-OH is 1. The van der Waals surface area contributed by atoms with Crippen LogP contribution in [0, 0.1) is 0 Å². The van der Waals surface area contributed by atoms with Gasteiger partial charge in [-0.3, -0.25) is 4.90 Å². The van der Waals surface area contributed by atoms with Gasteiger partial charge in [0.05, 0.1) is 25.7 Å². The second-order valence-electron chi connectivity index (χ2n) is 7.45. The Balaban J connectivity index is 1.68. The fourth-order valence-electron chi connectivity index (χ4n) is 3.66. The minimum absolute atomic E-state index is 0.0778. The SMILES string of the molecule is COc1cccc(CN(CC(O)COc2ccccc2OC)C2CCS(=O)(=O)C2)c1. The molecule has 1 saturated heterocycles. The van der Waals surface area contributed by atoms with E-state index in [4.69, 9.17) is 14.2 Å². The van der Waals surface area contributed by atoms with E-state index in [-0.39, 0.29) is 24.2 Å². The van der Waals surface area contributed by atoms with Gasteiger partial charge in [-0.2, -0.15) is 0 Å². The van der Waals surface area contributed by atoms with Crippen molar-refractivity contribution in [3.63, 3.8) is 0 Å². The average molecular weight is 436 g/mol. The summed E-state index contributed by atoms with van der Waals surface area (Å²) in [5.41, 5.74) is 0.997. The number of ether oxygens (including phenoxy) is 3. The molecule has 30 heavy (non-hydrogen) atoms. The first kappa shape index (κ1) is 22.4. The molecule has 1 heterocycles. The molecular weight excluding hydrogens is 406 g/mol. The number of nitrogens with zero attached hydrogens (tertiary/aromatic N) is 1. The molecule has 7 nitrogen and oxygen atoms in total. The Morgan fingerprint density at radius 3 is 2.53 bits per heavy atom. The van der Waals surface area contributed by atoms with E-state index in [1.807, 2.05) is 41.3 Å². The van der Waals surface area contributed by atoms with E-state index in [0.29, 0.717) is 31.0 Å². The van der Waals surface area contributed by atoms with E-state index in [1.165, 1.54) is 0 Å². The lowest BCUT2D eigenvalue weighted by Gasteiger charge is -2.30. The van der Waals surface area contributed by atoms with Crippen molar-refractivity contribution < 1.29 is 27.7 Å². The van der Waals surface area contributed by atoms with Crippen molar-refractivity contribution in [1.82, 2.24) is 4.90 Å². The van der Waals surface area contributed by atoms with Crippen LogP contribution in [0.4, 0.5) is 0 Å². The van der Waals surface area contributed by atoms with Gasteiger partial charge in [0.1, 0.15) is 18.5 Å². The third kappa shape index (κ3) is 6.10. The smallest absolute Gasteiger partial charge is 0.161 e. The Hall–Kier alpha value is -2.29. The number of aliphatic hydroxyl groups is 1. The number of benzene rings is 2. The van der Waals surface area contributed by atoms with Crippen molar-refractivity contribution in [1.29, 1.82) is 0 Å². The van der Waals surface area contributed by atoms with Crippen LogP contribution in [0.15, 0.2) is 48.5 Å². The molecule has 2 atom stereocenters. The van der Waals surface area contributed by atoms with Crippen molar-refractivity contribution in [3.8, 4) is 17.2 Å². The van der Waals surface area contributed by atoms with Crippen LogP contribution in [0.5, 0.6) is 17.2 Å². The molecule has 0 spiro atoms. The maximum atomic E-state index is 12.0. The molecule has 8 heteroatoms. The minimum Gasteiger partial charge on any atom is -0.497 e. The highest BCUT2D eigenvalue weighted by Crippen LogP contribution is 2.26. The van der Waals surface area contributed by atoms with Crippen LogP contribution >= 0.6 is 0 Å². The van der Waals surface area contributed by atoms with Crippen molar-refractivity contribution in [2.75, 3.05) is 38.9 Å². The molecule has 1 N–H and O–H groups in total. The van der Waals surface area contributed by atoms with Gasteiger partial charge in [-0.25, -0.2) is 8.42 Å². The summed E-state index contributed by atoms with van der Waals surface area (Å²) >= 11 is 0. The fraction of sp³-hybridized carbons (Fsp3) is 0.455. The summed E-state index contributed by atoms with van der Waals surface area (Å²) in [6, 6.07) is 14.8. The van der Waals surface area contributed by atoms with Gasteiger partial charge in [0.2, 0.25) is 0 Å². The van der Waals surface area contributed by atoms with Crippen molar-refractivity contribution in [2.24, 2.45) is 0 Å². The van der Waals surface area contributed by atoms with E-state index < -0.39 is 15.9 Å². The maximum absolute atomic E-state index is 12.0. The van der Waals surface area contributed by atoms with E-state index in [1.54, 1.807) is 26.4 Å². The summed E-state index contributed by atoms with van der Waals surface area (Å²) in [6.45, 7) is 0.893. The second-order valence-corrected chi connectivity index (χ2v) is 9.68. The predicted octanol–water partition coefficient (Wildman–Crippen LogP) is 2.13. The molecule has 164 valence electrons. The second kappa shape index (κ2) is 10.1. The van der Waals surface area contributed by atoms with Gasteiger partial charge in [-0.15, -0.1) is 0 Å². The van der Waals surface area contributed by atoms with Gasteiger partial charge in [-0.05, 0) is 36.2 Å². The number of hydrogen-bond donors (Lipinski definition) is 1. The normalized spacial score (nSPS) is 18.9. The largest absolute Gasteiger partial charge is 0.497 e. The summed E-state index contributed by atoms with van der Waals surface area (Å²) in [7, 11) is 0.134. The topological polar surface area (TPSA) is 85.3 Å². The van der Waals surface area contributed by atoms with Crippen LogP contribution in [0.1, 0.15) is 12.0 Å². The Kier molecular flexibility index (Phi) is 7.58. The van der Waals surface area contributed by atoms with Crippen LogP contribution in [-0.2, 0) is 16.4 Å². The molecule has 1 fully saturated rings. The maximum Gasteiger partial charge on any atom is 0.161 e. The van der Waals surface area contributed by atoms with Crippen LogP contribution in [0.3, 0.4) is 0 Å². The van der Waals surface area contributed by atoms with Gasteiger partial charge >= 0.3 is 0 Å². The van der Waals surface area contributed by atoms with Gasteiger partial charge in [0.15, 0.2) is 21.3 Å². The minimum atomic E-state index is -3.04. The number of methoxy groups -OCH3 is 2. The van der Waals surface area contributed by atoms with Crippen LogP contribution < -0.4 is 14.2 Å². The molecule has 0 aliphatic carbocycles. The number of para-hydroxylation sites is 2. The van der Waals surface area contributed by atoms with Crippen LogP contribution in [0.25, 0.3) is 0 Å². The lowest BCUT2D eigenvalue weighted by molar-refractivity contribution is 0.0517. The Bertz CT molecular complexity index is 933. The molecule has 0 amide bonds. The summed E-state index contributed by atoms with van der Waals surface area (Å²) in [5, 5.41) is 10.6. The number of sulfone groups is 1. The van der Waals surface area contributed by atoms with E-state index in [2.05, 4.69) is 0 Å². The van der Waals surface area contributed by atoms with Crippen LogP contribution in [-0.4, -0.2) is 69.4 Å². The molecule has 2 unspecified atom stereocenters. The van der Waals surface area contributed by atoms with Gasteiger partial charge in [0, 0.05) is 19.1 Å². The Morgan fingerprint density at radius 1 is 1.10 bits per heavy atom. The molecule has 0 saturated carbocycles. The highest BCUT2D eigenvalue weighted by Gasteiger charge is 2.33. The molecule has 1 aliphatic heterocycles. The fourth-order valence-corrected chi connectivity index (χ4v) is 5.42. The van der Waals surface area contributed by atoms with E-state index in [9.17, 15) is 13.5 Å². The molecule has 2 aromatic carbocycles. The Morgan fingerprint density at radius 2 is 1.87 bits per heavy atom. The average Bonchev–Trinajstić information content (AvgIpc) is 3.11. The van der Waals surface area contributed by atoms with Crippen LogP contribution in [0.2, 0.25) is 0 Å². The zero-order valence-corrected chi connectivity index (χ0v) is 18.2. The first-order valence-corrected chi connectivity index (χ1v) is 11.7. The third-order valence-electron chi connectivity index (χ3n) is 5.19. The standard InChI is InChI=1S/C22H29NO6S/c1-27-20-7-5-6-17(12-20)13-23(18-10-11-30(25,26)16-18)14-19(24)15-29-22-9-4-3-8-21(22)28-2/h3-9,12,18-19,24H,10-11,13-16H2,1-2H3. The quantitative estimate of drug-likeness (QED) is 0.612. The summed E-state index contributed by atoms with van der Waals surface area (Å²) in [6.07, 6.45) is -0.226. The molecule has 2 aromatic rings. The van der Waals surface area contributed by atoms with E-state index >= 15 is 0 Å². The monoisotopic (exact) mass is 435 g/mol. The molecular formula is C22H29NO6S. The van der Waals surface area contributed by atoms with E-state index in [0.717, 1.165) is 11.3 Å². The molecule has 3 rings (SSSR count). The van der Waals surface area contributed by atoms with Crippen molar-refractivity contribution in [2.45, 2.75) is 25.1 Å². The number of rotatable bonds is 10. The number of hydrogen-bond acceptors (Lipinski definition) is 7. The lowest BCUT2D eigenvalue weighted by Crippen LogP contribution is -2.42. The van der Waals surface area contributed by atoms with Gasteiger partial charge in [0.25, 0.3) is 0 Å².